The lowest BCUT2D eigenvalue weighted by Crippen LogP contribution is -2.46. The van der Waals surface area contributed by atoms with Crippen LogP contribution in [0.1, 0.15) is 24.2 Å². The number of piperidine rings is 1. The van der Waals surface area contributed by atoms with Crippen LogP contribution in [0.15, 0.2) is 54.6 Å². The number of aromatic nitrogens is 2. The Balaban J connectivity index is 1.28. The molecule has 2 aromatic carbocycles. The van der Waals surface area contributed by atoms with Crippen molar-refractivity contribution in [1.29, 1.82) is 0 Å². The summed E-state index contributed by atoms with van der Waals surface area (Å²) in [5.41, 5.74) is 3.34. The average Bonchev–Trinajstić information content (AvgIpc) is 3.11. The standard InChI is InChI=1S/C22H26N4O/c27-22(23-13-12-17-7-2-1-3-8-17)26-14-6-9-18(16-26)15-21-24-19-10-4-5-11-20(19)25-21/h1-5,7-8,10-11,18H,6,9,12-16H2,(H,23,27)(H,24,25). The molecule has 5 heteroatoms. The molecule has 1 unspecified atom stereocenters. The molecule has 4 rings (SSSR count). The smallest absolute Gasteiger partial charge is 0.317 e. The molecule has 0 bridgehead atoms. The Kier molecular flexibility index (Phi) is 5.37. The summed E-state index contributed by atoms with van der Waals surface area (Å²) in [7, 11) is 0. The number of para-hydroxylation sites is 2. The van der Waals surface area contributed by atoms with Gasteiger partial charge in [0.25, 0.3) is 0 Å². The van der Waals surface area contributed by atoms with Gasteiger partial charge in [-0.3, -0.25) is 0 Å². The van der Waals surface area contributed by atoms with Gasteiger partial charge in [-0.1, -0.05) is 42.5 Å². The first kappa shape index (κ1) is 17.6. The Labute approximate surface area is 159 Å². The van der Waals surface area contributed by atoms with Crippen LogP contribution in [0.4, 0.5) is 4.79 Å². The van der Waals surface area contributed by atoms with Gasteiger partial charge in [0.2, 0.25) is 0 Å². The van der Waals surface area contributed by atoms with Crippen LogP contribution >= 0.6 is 0 Å². The van der Waals surface area contributed by atoms with Gasteiger partial charge in [0.05, 0.1) is 11.0 Å². The average molecular weight is 362 g/mol. The number of aromatic amines is 1. The van der Waals surface area contributed by atoms with Gasteiger partial charge in [-0.15, -0.1) is 0 Å². The van der Waals surface area contributed by atoms with E-state index >= 15 is 0 Å². The summed E-state index contributed by atoms with van der Waals surface area (Å²) >= 11 is 0. The normalized spacial score (nSPS) is 17.2. The third-order valence-electron chi connectivity index (χ3n) is 5.26. The predicted molar refractivity (Wildman–Crippen MR) is 108 cm³/mol. The van der Waals surface area contributed by atoms with Gasteiger partial charge in [-0.25, -0.2) is 9.78 Å². The Morgan fingerprint density at radius 3 is 2.81 bits per heavy atom. The van der Waals surface area contributed by atoms with Gasteiger partial charge < -0.3 is 15.2 Å². The maximum absolute atomic E-state index is 12.5. The highest BCUT2D eigenvalue weighted by Gasteiger charge is 2.24. The minimum absolute atomic E-state index is 0.0558. The number of nitrogens with zero attached hydrogens (tertiary/aromatic N) is 2. The number of hydrogen-bond donors (Lipinski definition) is 2. The molecule has 2 heterocycles. The van der Waals surface area contributed by atoms with E-state index in [0.29, 0.717) is 12.5 Å². The number of H-pyrrole nitrogens is 1. The minimum atomic E-state index is 0.0558. The number of benzene rings is 2. The fourth-order valence-corrected chi connectivity index (χ4v) is 3.86. The van der Waals surface area contributed by atoms with Crippen LogP contribution in [-0.2, 0) is 12.8 Å². The van der Waals surface area contributed by atoms with E-state index in [4.69, 9.17) is 0 Å². The molecule has 0 radical (unpaired) electrons. The van der Waals surface area contributed by atoms with Crippen molar-refractivity contribution in [3.8, 4) is 0 Å². The molecular formula is C22H26N4O. The summed E-state index contributed by atoms with van der Waals surface area (Å²) in [5, 5.41) is 3.07. The van der Waals surface area contributed by atoms with Gasteiger partial charge in [0.1, 0.15) is 5.82 Å². The molecule has 1 aliphatic heterocycles. The van der Waals surface area contributed by atoms with Gasteiger partial charge in [0.15, 0.2) is 0 Å². The number of fused-ring (bicyclic) bond motifs is 1. The van der Waals surface area contributed by atoms with Crippen molar-refractivity contribution in [3.05, 3.63) is 66.0 Å². The molecule has 1 fully saturated rings. The second kappa shape index (κ2) is 8.25. The molecule has 140 valence electrons. The molecule has 0 aliphatic carbocycles. The molecule has 1 saturated heterocycles. The molecular weight excluding hydrogens is 336 g/mol. The van der Waals surface area contributed by atoms with Gasteiger partial charge >= 0.3 is 6.03 Å². The number of hydrogen-bond acceptors (Lipinski definition) is 2. The number of likely N-dealkylation sites (tertiary alicyclic amines) is 1. The Hall–Kier alpha value is -2.82. The summed E-state index contributed by atoms with van der Waals surface area (Å²) in [4.78, 5) is 22.6. The number of amides is 2. The van der Waals surface area contributed by atoms with Gasteiger partial charge in [0, 0.05) is 26.1 Å². The quantitative estimate of drug-likeness (QED) is 0.726. The van der Waals surface area contributed by atoms with Crippen molar-refractivity contribution in [3.63, 3.8) is 0 Å². The monoisotopic (exact) mass is 362 g/mol. The maximum Gasteiger partial charge on any atom is 0.317 e. The first-order valence-electron chi connectivity index (χ1n) is 9.78. The van der Waals surface area contributed by atoms with Crippen LogP contribution in [0.5, 0.6) is 0 Å². The molecule has 1 atom stereocenters. The molecule has 0 saturated carbocycles. The molecule has 1 aliphatic rings. The van der Waals surface area contributed by atoms with E-state index in [0.717, 1.165) is 55.6 Å². The van der Waals surface area contributed by atoms with Crippen molar-refractivity contribution >= 4 is 17.1 Å². The second-order valence-electron chi connectivity index (χ2n) is 7.33. The van der Waals surface area contributed by atoms with E-state index < -0.39 is 0 Å². The fraction of sp³-hybridized carbons (Fsp3) is 0.364. The highest BCUT2D eigenvalue weighted by Crippen LogP contribution is 2.21. The van der Waals surface area contributed by atoms with E-state index in [1.807, 2.05) is 41.3 Å². The lowest BCUT2D eigenvalue weighted by atomic mass is 9.95. The second-order valence-corrected chi connectivity index (χ2v) is 7.33. The minimum Gasteiger partial charge on any atom is -0.342 e. The van der Waals surface area contributed by atoms with Crippen molar-refractivity contribution in [2.45, 2.75) is 25.7 Å². The summed E-state index contributed by atoms with van der Waals surface area (Å²) in [6, 6.07) is 18.4. The Bertz CT molecular complexity index is 856. The molecule has 1 aromatic heterocycles. The lowest BCUT2D eigenvalue weighted by molar-refractivity contribution is 0.165. The summed E-state index contributed by atoms with van der Waals surface area (Å²) in [5.74, 6) is 1.48. The molecule has 3 aromatic rings. The van der Waals surface area contributed by atoms with E-state index in [-0.39, 0.29) is 6.03 Å². The number of carbonyl (C=O) groups is 1. The fourth-order valence-electron chi connectivity index (χ4n) is 3.86. The highest BCUT2D eigenvalue weighted by atomic mass is 16.2. The van der Waals surface area contributed by atoms with Crippen LogP contribution < -0.4 is 5.32 Å². The maximum atomic E-state index is 12.5. The lowest BCUT2D eigenvalue weighted by Gasteiger charge is -2.32. The van der Waals surface area contributed by atoms with Crippen LogP contribution in [0.3, 0.4) is 0 Å². The van der Waals surface area contributed by atoms with E-state index in [2.05, 4.69) is 33.5 Å². The van der Waals surface area contributed by atoms with Crippen LogP contribution in [0.25, 0.3) is 11.0 Å². The third-order valence-corrected chi connectivity index (χ3v) is 5.26. The first-order chi connectivity index (χ1) is 13.3. The summed E-state index contributed by atoms with van der Waals surface area (Å²) < 4.78 is 0. The van der Waals surface area contributed by atoms with Crippen molar-refractivity contribution < 1.29 is 4.79 Å². The predicted octanol–water partition coefficient (Wildman–Crippen LogP) is 3.77. The van der Waals surface area contributed by atoms with Gasteiger partial charge in [-0.2, -0.15) is 0 Å². The number of rotatable bonds is 5. The van der Waals surface area contributed by atoms with E-state index in [9.17, 15) is 4.79 Å². The largest absolute Gasteiger partial charge is 0.342 e. The zero-order valence-electron chi connectivity index (χ0n) is 15.5. The van der Waals surface area contributed by atoms with Crippen molar-refractivity contribution in [2.75, 3.05) is 19.6 Å². The van der Waals surface area contributed by atoms with Crippen molar-refractivity contribution in [1.82, 2.24) is 20.2 Å². The Morgan fingerprint density at radius 1 is 1.15 bits per heavy atom. The SMILES string of the molecule is O=C(NCCc1ccccc1)N1CCCC(Cc2nc3ccccc3[nH]2)C1. The zero-order valence-corrected chi connectivity index (χ0v) is 15.5. The van der Waals surface area contributed by atoms with Crippen molar-refractivity contribution in [2.24, 2.45) is 5.92 Å². The molecule has 5 nitrogen and oxygen atoms in total. The number of carbonyl (C=O) groups excluding carboxylic acids is 1. The van der Waals surface area contributed by atoms with Crippen LogP contribution in [-0.4, -0.2) is 40.5 Å². The molecule has 2 amide bonds. The third kappa shape index (κ3) is 4.48. The molecule has 27 heavy (non-hydrogen) atoms. The van der Waals surface area contributed by atoms with Gasteiger partial charge in [-0.05, 0) is 42.9 Å². The summed E-state index contributed by atoms with van der Waals surface area (Å²) in [6.45, 7) is 2.32. The van der Waals surface area contributed by atoms with E-state index in [1.54, 1.807) is 0 Å². The zero-order chi connectivity index (χ0) is 18.5. The molecule has 0 spiro atoms. The topological polar surface area (TPSA) is 61.0 Å². The number of nitrogens with one attached hydrogen (secondary N) is 2. The van der Waals surface area contributed by atoms with Crippen LogP contribution in [0.2, 0.25) is 0 Å². The first-order valence-corrected chi connectivity index (χ1v) is 9.78. The number of urea groups is 1. The summed E-state index contributed by atoms with van der Waals surface area (Å²) in [6.07, 6.45) is 3.95. The van der Waals surface area contributed by atoms with E-state index in [1.165, 1.54) is 5.56 Å². The number of imidazole rings is 1. The van der Waals surface area contributed by atoms with Crippen LogP contribution in [0, 0.1) is 5.92 Å². The Morgan fingerprint density at radius 2 is 1.96 bits per heavy atom. The highest BCUT2D eigenvalue weighted by molar-refractivity contribution is 5.75. The molecule has 2 N–H and O–H groups in total.